The van der Waals surface area contributed by atoms with Gasteiger partial charge >= 0.3 is 0 Å². The first-order chi connectivity index (χ1) is 21.0. The van der Waals surface area contributed by atoms with Gasteiger partial charge in [0.2, 0.25) is 0 Å². The molecule has 6 aromatic rings. The van der Waals surface area contributed by atoms with Crippen molar-refractivity contribution in [2.45, 2.75) is 12.3 Å². The van der Waals surface area contributed by atoms with E-state index in [1.54, 1.807) is 6.07 Å². The molecule has 0 saturated carbocycles. The minimum atomic E-state index is -0.222. The van der Waals surface area contributed by atoms with Crippen molar-refractivity contribution in [1.82, 2.24) is 24.8 Å². The van der Waals surface area contributed by atoms with Crippen molar-refractivity contribution in [3.8, 4) is 0 Å². The molecular weight excluding hydrogens is 536 g/mol. The molecule has 9 nitrogen and oxygen atoms in total. The van der Waals surface area contributed by atoms with Crippen LogP contribution in [0.1, 0.15) is 39.1 Å². The number of hydrogen-bond donors (Lipinski definition) is 4. The summed E-state index contributed by atoms with van der Waals surface area (Å²) in [6, 6.07) is 31.7. The number of piperazine rings is 1. The number of H-pyrrole nitrogens is 2. The summed E-state index contributed by atoms with van der Waals surface area (Å²) >= 11 is 0. The molecule has 0 spiro atoms. The van der Waals surface area contributed by atoms with Crippen molar-refractivity contribution in [2.24, 2.45) is 5.73 Å². The Kier molecular flexibility index (Phi) is 6.82. The lowest BCUT2D eigenvalue weighted by Gasteiger charge is -2.36. The fourth-order valence-electron chi connectivity index (χ4n) is 5.88. The normalized spacial score (nSPS) is 14.3. The number of carbonyl (C=O) groups excluding carboxylic acids is 1. The summed E-state index contributed by atoms with van der Waals surface area (Å²) in [4.78, 5) is 34.6. The van der Waals surface area contributed by atoms with Crippen LogP contribution in [0.3, 0.4) is 0 Å². The third kappa shape index (κ3) is 5.32. The molecule has 1 aliphatic heterocycles. The van der Waals surface area contributed by atoms with E-state index in [4.69, 9.17) is 21.1 Å². The number of amides is 1. The number of nitrogens with one attached hydrogen (secondary N) is 3. The molecule has 1 atom stereocenters. The molecule has 1 unspecified atom stereocenters. The number of rotatable bonds is 7. The highest BCUT2D eigenvalue weighted by molar-refractivity contribution is 5.98. The number of nitrogen functional groups attached to an aromatic ring is 1. The van der Waals surface area contributed by atoms with Crippen LogP contribution in [0.25, 0.3) is 22.1 Å². The molecular formula is C34H32N8O. The van der Waals surface area contributed by atoms with Crippen LogP contribution in [0.4, 0.5) is 5.69 Å². The summed E-state index contributed by atoms with van der Waals surface area (Å²) in [5, 5.41) is 7.82. The zero-order valence-corrected chi connectivity index (χ0v) is 23.6. The number of fused-ring (bicyclic) bond motifs is 2. The molecule has 3 heterocycles. The maximum atomic E-state index is 13.6. The lowest BCUT2D eigenvalue weighted by atomic mass is 9.96. The molecule has 1 saturated heterocycles. The maximum Gasteiger partial charge on any atom is 0.253 e. The number of nitrogens with two attached hydrogens (primary N) is 1. The Morgan fingerprint density at radius 3 is 2.21 bits per heavy atom. The largest absolute Gasteiger partial charge is 0.384 e. The topological polar surface area (TPSA) is 131 Å². The summed E-state index contributed by atoms with van der Waals surface area (Å²) in [7, 11) is 0. The van der Waals surface area contributed by atoms with Gasteiger partial charge in [-0.05, 0) is 66.6 Å². The smallest absolute Gasteiger partial charge is 0.253 e. The first-order valence-electron chi connectivity index (χ1n) is 14.5. The highest BCUT2D eigenvalue weighted by Crippen LogP contribution is 2.29. The molecule has 5 N–H and O–H groups in total. The van der Waals surface area contributed by atoms with Crippen molar-refractivity contribution >= 4 is 39.5 Å². The summed E-state index contributed by atoms with van der Waals surface area (Å²) in [6.45, 7) is 2.98. The number of para-hydroxylation sites is 3. The first-order valence-corrected chi connectivity index (χ1v) is 14.5. The molecule has 1 amide bonds. The fraction of sp³-hybridized carbons (Fsp3) is 0.176. The third-order valence-corrected chi connectivity index (χ3v) is 8.18. The minimum absolute atomic E-state index is 0.00912. The molecule has 0 radical (unpaired) electrons. The second-order valence-corrected chi connectivity index (χ2v) is 11.0. The molecule has 4 aromatic carbocycles. The molecule has 0 aliphatic carbocycles. The van der Waals surface area contributed by atoms with Crippen molar-refractivity contribution in [3.05, 3.63) is 125 Å². The number of hydrogen-bond acceptors (Lipinski definition) is 5. The van der Waals surface area contributed by atoms with Gasteiger partial charge in [0.25, 0.3) is 5.91 Å². The van der Waals surface area contributed by atoms with Gasteiger partial charge in [-0.3, -0.25) is 10.2 Å². The van der Waals surface area contributed by atoms with Crippen LogP contribution in [-0.4, -0.2) is 62.8 Å². The van der Waals surface area contributed by atoms with Crippen LogP contribution in [-0.2, 0) is 6.42 Å². The van der Waals surface area contributed by atoms with E-state index in [-0.39, 0.29) is 17.7 Å². The average Bonchev–Trinajstić information content (AvgIpc) is 3.68. The Bertz CT molecular complexity index is 1900. The summed E-state index contributed by atoms with van der Waals surface area (Å²) < 4.78 is 0. The maximum absolute atomic E-state index is 13.6. The van der Waals surface area contributed by atoms with Crippen LogP contribution >= 0.6 is 0 Å². The second kappa shape index (κ2) is 11.1. The van der Waals surface area contributed by atoms with Gasteiger partial charge in [0, 0.05) is 43.0 Å². The number of benzene rings is 4. The van der Waals surface area contributed by atoms with E-state index in [2.05, 4.69) is 33.1 Å². The zero-order chi connectivity index (χ0) is 29.3. The van der Waals surface area contributed by atoms with E-state index in [1.807, 2.05) is 77.7 Å². The Morgan fingerprint density at radius 2 is 1.47 bits per heavy atom. The molecule has 9 heteroatoms. The van der Waals surface area contributed by atoms with E-state index in [0.717, 1.165) is 52.4 Å². The predicted molar refractivity (Wildman–Crippen MR) is 170 cm³/mol. The van der Waals surface area contributed by atoms with E-state index in [1.165, 1.54) is 5.69 Å². The van der Waals surface area contributed by atoms with Gasteiger partial charge < -0.3 is 25.5 Å². The fourth-order valence-corrected chi connectivity index (χ4v) is 5.88. The van der Waals surface area contributed by atoms with Crippen molar-refractivity contribution in [3.63, 3.8) is 0 Å². The second-order valence-electron chi connectivity index (χ2n) is 11.0. The van der Waals surface area contributed by atoms with Crippen LogP contribution in [0.2, 0.25) is 0 Å². The van der Waals surface area contributed by atoms with E-state index in [0.29, 0.717) is 30.6 Å². The van der Waals surface area contributed by atoms with E-state index < -0.39 is 0 Å². The van der Waals surface area contributed by atoms with Crippen molar-refractivity contribution in [2.75, 3.05) is 31.1 Å². The van der Waals surface area contributed by atoms with Crippen LogP contribution in [0.5, 0.6) is 0 Å². The molecule has 1 aliphatic rings. The Labute approximate surface area is 248 Å². The monoisotopic (exact) mass is 568 g/mol. The van der Waals surface area contributed by atoms with Gasteiger partial charge in [-0.2, -0.15) is 0 Å². The molecule has 7 rings (SSSR count). The van der Waals surface area contributed by atoms with Crippen LogP contribution in [0, 0.1) is 5.41 Å². The predicted octanol–water partition coefficient (Wildman–Crippen LogP) is 5.06. The SMILES string of the molecule is N=C(N)c1ccc2nc(C(Cc3cccc(C(=O)N4CCN(c5ccccc5)CC4)c3)c3nc4ccccc4[nH]3)[nH]c2c1. The van der Waals surface area contributed by atoms with Gasteiger partial charge in [-0.15, -0.1) is 0 Å². The third-order valence-electron chi connectivity index (χ3n) is 8.18. The molecule has 2 aromatic heterocycles. The Hall–Kier alpha value is -5.44. The minimum Gasteiger partial charge on any atom is -0.384 e. The lowest BCUT2D eigenvalue weighted by molar-refractivity contribution is 0.0746. The van der Waals surface area contributed by atoms with Crippen LogP contribution < -0.4 is 10.6 Å². The number of anilines is 1. The highest BCUT2D eigenvalue weighted by Gasteiger charge is 2.25. The highest BCUT2D eigenvalue weighted by atomic mass is 16.2. The van der Waals surface area contributed by atoms with E-state index >= 15 is 0 Å². The zero-order valence-electron chi connectivity index (χ0n) is 23.6. The Morgan fingerprint density at radius 1 is 0.767 bits per heavy atom. The summed E-state index contributed by atoms with van der Waals surface area (Å²) in [5.74, 6) is 1.38. The molecule has 0 bridgehead atoms. The number of carbonyl (C=O) groups is 1. The van der Waals surface area contributed by atoms with Gasteiger partial charge in [0.05, 0.1) is 28.0 Å². The summed E-state index contributed by atoms with van der Waals surface area (Å²) in [6.07, 6.45) is 0.585. The molecule has 214 valence electrons. The lowest BCUT2D eigenvalue weighted by Crippen LogP contribution is -2.48. The van der Waals surface area contributed by atoms with Crippen molar-refractivity contribution in [1.29, 1.82) is 5.41 Å². The summed E-state index contributed by atoms with van der Waals surface area (Å²) in [5.41, 5.74) is 12.7. The quantitative estimate of drug-likeness (QED) is 0.158. The number of nitrogens with zero attached hydrogens (tertiary/aromatic N) is 4. The van der Waals surface area contributed by atoms with Gasteiger partial charge in [-0.25, -0.2) is 9.97 Å². The van der Waals surface area contributed by atoms with Gasteiger partial charge in [0.15, 0.2) is 0 Å². The number of aromatic amines is 2. The van der Waals surface area contributed by atoms with Gasteiger partial charge in [-0.1, -0.05) is 42.5 Å². The van der Waals surface area contributed by atoms with Crippen molar-refractivity contribution < 1.29 is 4.79 Å². The number of imidazole rings is 2. The number of amidine groups is 1. The average molecular weight is 569 g/mol. The Balaban J connectivity index is 1.16. The van der Waals surface area contributed by atoms with Gasteiger partial charge in [0.1, 0.15) is 17.5 Å². The molecule has 1 fully saturated rings. The van der Waals surface area contributed by atoms with Crippen LogP contribution in [0.15, 0.2) is 97.1 Å². The molecule has 43 heavy (non-hydrogen) atoms. The first kappa shape index (κ1) is 26.5. The van der Waals surface area contributed by atoms with E-state index in [9.17, 15) is 4.79 Å². The number of aromatic nitrogens is 4. The standard InChI is InChI=1S/C34H32N8O/c35-31(36)23-13-14-29-30(21-23)40-33(39-29)26(32-37-27-11-4-5-12-28(27)38-32)20-22-7-6-8-24(19-22)34(43)42-17-15-41(16-18-42)25-9-2-1-3-10-25/h1-14,19,21,26H,15-18,20H2,(H3,35,36)(H,37,38)(H,39,40).